The van der Waals surface area contributed by atoms with E-state index >= 15 is 0 Å². The third-order valence-electron chi connectivity index (χ3n) is 3.20. The zero-order chi connectivity index (χ0) is 16.2. The molecule has 0 saturated heterocycles. The summed E-state index contributed by atoms with van der Waals surface area (Å²) in [4.78, 5) is 22.7. The first kappa shape index (κ1) is 18.2. The van der Waals surface area contributed by atoms with Gasteiger partial charge < -0.3 is 14.6 Å². The normalized spacial score (nSPS) is 11.9. The van der Waals surface area contributed by atoms with Gasteiger partial charge in [-0.3, -0.25) is 0 Å². The molecule has 0 amide bonds. The topological polar surface area (TPSA) is 72.8 Å². The molecular weight excluding hydrogens is 284 g/mol. The number of rotatable bonds is 11. The molecular formula is C17H24O5. The Morgan fingerprint density at radius 1 is 1.14 bits per heavy atom. The second kappa shape index (κ2) is 10.8. The number of carbonyl (C=O) groups excluding carboxylic acids is 1. The number of hydrogen-bond acceptors (Lipinski definition) is 4. The van der Waals surface area contributed by atoms with Crippen LogP contribution in [0.3, 0.4) is 0 Å². The number of carboxylic acid groups (broad SMARTS) is 1. The van der Waals surface area contributed by atoms with Gasteiger partial charge in [-0.25, -0.2) is 9.59 Å². The molecule has 1 atom stereocenters. The number of benzene rings is 1. The fourth-order valence-corrected chi connectivity index (χ4v) is 2.01. The van der Waals surface area contributed by atoms with Crippen LogP contribution in [0.1, 0.15) is 44.6 Å². The lowest BCUT2D eigenvalue weighted by molar-refractivity contribution is -0.167. The number of ether oxygens (including phenoxy) is 2. The van der Waals surface area contributed by atoms with Crippen LogP contribution in [-0.2, 0) is 25.7 Å². The first-order valence-corrected chi connectivity index (χ1v) is 7.67. The summed E-state index contributed by atoms with van der Waals surface area (Å²) < 4.78 is 10.2. The van der Waals surface area contributed by atoms with Crippen LogP contribution in [-0.4, -0.2) is 29.8 Å². The number of carbonyl (C=O) groups is 2. The highest BCUT2D eigenvalue weighted by Gasteiger charge is 2.21. The van der Waals surface area contributed by atoms with E-state index in [1.807, 2.05) is 30.3 Å². The van der Waals surface area contributed by atoms with Crippen LogP contribution in [0.25, 0.3) is 0 Å². The summed E-state index contributed by atoms with van der Waals surface area (Å²) in [5.74, 6) is -1.74. The van der Waals surface area contributed by atoms with Crippen molar-refractivity contribution in [1.82, 2.24) is 0 Å². The van der Waals surface area contributed by atoms with E-state index in [-0.39, 0.29) is 6.61 Å². The largest absolute Gasteiger partial charge is 0.479 e. The van der Waals surface area contributed by atoms with Gasteiger partial charge in [-0.2, -0.15) is 0 Å². The number of carboxylic acids is 1. The molecule has 5 nitrogen and oxygen atoms in total. The summed E-state index contributed by atoms with van der Waals surface area (Å²) in [7, 11) is 0. The fraction of sp³-hybridized carbons (Fsp3) is 0.529. The Kier molecular flexibility index (Phi) is 8.91. The predicted octanol–water partition coefficient (Wildman–Crippen LogP) is 3.17. The van der Waals surface area contributed by atoms with Crippen molar-refractivity contribution >= 4 is 11.9 Å². The van der Waals surface area contributed by atoms with Gasteiger partial charge in [0.15, 0.2) is 6.10 Å². The molecule has 0 aromatic heterocycles. The highest BCUT2D eigenvalue weighted by Crippen LogP contribution is 2.09. The van der Waals surface area contributed by atoms with Gasteiger partial charge in [0.25, 0.3) is 0 Å². The first-order chi connectivity index (χ1) is 10.6. The molecule has 1 N–H and O–H groups in total. The quantitative estimate of drug-likeness (QED) is 0.502. The maximum atomic E-state index is 11.6. The van der Waals surface area contributed by atoms with Crippen LogP contribution in [0.5, 0.6) is 0 Å². The lowest BCUT2D eigenvalue weighted by Gasteiger charge is -2.13. The third-order valence-corrected chi connectivity index (χ3v) is 3.20. The van der Waals surface area contributed by atoms with E-state index < -0.39 is 18.0 Å². The van der Waals surface area contributed by atoms with Crippen molar-refractivity contribution in [3.8, 4) is 0 Å². The molecule has 22 heavy (non-hydrogen) atoms. The highest BCUT2D eigenvalue weighted by molar-refractivity contribution is 5.78. The van der Waals surface area contributed by atoms with Crippen LogP contribution in [0.4, 0.5) is 0 Å². The van der Waals surface area contributed by atoms with E-state index in [1.54, 1.807) is 0 Å². The molecule has 1 aromatic carbocycles. The number of unbranched alkanes of at least 4 members (excludes halogenated alkanes) is 3. The van der Waals surface area contributed by atoms with Gasteiger partial charge in [0.2, 0.25) is 0 Å². The minimum atomic E-state index is -1.10. The Morgan fingerprint density at radius 2 is 1.86 bits per heavy atom. The van der Waals surface area contributed by atoms with Gasteiger partial charge in [-0.15, -0.1) is 0 Å². The Balaban J connectivity index is 2.26. The molecule has 0 aliphatic carbocycles. The van der Waals surface area contributed by atoms with Crippen LogP contribution in [0.15, 0.2) is 30.3 Å². The number of aliphatic carboxylic acids is 1. The zero-order valence-corrected chi connectivity index (χ0v) is 13.0. The fourth-order valence-electron chi connectivity index (χ4n) is 2.01. The van der Waals surface area contributed by atoms with Gasteiger partial charge in [0.05, 0.1) is 6.61 Å². The van der Waals surface area contributed by atoms with E-state index in [0.717, 1.165) is 31.2 Å². The molecule has 122 valence electrons. The number of esters is 1. The Morgan fingerprint density at radius 3 is 2.50 bits per heavy atom. The molecule has 0 aliphatic rings. The maximum Gasteiger partial charge on any atom is 0.345 e. The van der Waals surface area contributed by atoms with Gasteiger partial charge >= 0.3 is 11.9 Å². The van der Waals surface area contributed by atoms with E-state index in [4.69, 9.17) is 14.6 Å². The molecule has 0 radical (unpaired) electrons. The standard InChI is InChI=1S/C17H24O5/c1-2-3-4-8-11-15(17(19)20)22-16(18)13-21-12-14-9-6-5-7-10-14/h5-7,9-10,15H,2-4,8,11-13H2,1H3,(H,19,20). The lowest BCUT2D eigenvalue weighted by atomic mass is 10.1. The van der Waals surface area contributed by atoms with Crippen molar-refractivity contribution in [3.63, 3.8) is 0 Å². The molecule has 0 heterocycles. The molecule has 0 bridgehead atoms. The summed E-state index contributed by atoms with van der Waals surface area (Å²) in [5, 5.41) is 9.06. The minimum Gasteiger partial charge on any atom is -0.479 e. The average Bonchev–Trinajstić information content (AvgIpc) is 2.51. The zero-order valence-electron chi connectivity index (χ0n) is 13.0. The van der Waals surface area contributed by atoms with Crippen molar-refractivity contribution in [2.75, 3.05) is 6.61 Å². The van der Waals surface area contributed by atoms with Crippen LogP contribution < -0.4 is 0 Å². The molecule has 1 aromatic rings. The molecule has 0 aliphatic heterocycles. The minimum absolute atomic E-state index is 0.242. The number of hydrogen-bond donors (Lipinski definition) is 1. The van der Waals surface area contributed by atoms with Crippen LogP contribution in [0, 0.1) is 0 Å². The van der Waals surface area contributed by atoms with Crippen LogP contribution >= 0.6 is 0 Å². The highest BCUT2D eigenvalue weighted by atomic mass is 16.6. The molecule has 0 spiro atoms. The summed E-state index contributed by atoms with van der Waals surface area (Å²) in [6.45, 7) is 2.14. The Bertz CT molecular complexity index is 444. The van der Waals surface area contributed by atoms with E-state index in [2.05, 4.69) is 6.92 Å². The average molecular weight is 308 g/mol. The van der Waals surface area contributed by atoms with Gasteiger partial charge in [0.1, 0.15) is 6.61 Å². The van der Waals surface area contributed by atoms with Crippen molar-refractivity contribution in [2.24, 2.45) is 0 Å². The maximum absolute atomic E-state index is 11.6. The van der Waals surface area contributed by atoms with Gasteiger partial charge in [0, 0.05) is 0 Å². The second-order valence-corrected chi connectivity index (χ2v) is 5.14. The van der Waals surface area contributed by atoms with Crippen LogP contribution in [0.2, 0.25) is 0 Å². The SMILES string of the molecule is CCCCCCC(OC(=O)COCc1ccccc1)C(=O)O. The monoisotopic (exact) mass is 308 g/mol. The van der Waals surface area contributed by atoms with E-state index in [1.165, 1.54) is 0 Å². The summed E-state index contributed by atoms with van der Waals surface area (Å²) in [6, 6.07) is 9.44. The Labute approximate surface area is 131 Å². The second-order valence-electron chi connectivity index (χ2n) is 5.14. The van der Waals surface area contributed by atoms with Gasteiger partial charge in [-0.05, 0) is 18.4 Å². The summed E-state index contributed by atoms with van der Waals surface area (Å²) in [5.41, 5.74) is 0.949. The summed E-state index contributed by atoms with van der Waals surface area (Å²) in [6.07, 6.45) is 3.08. The lowest BCUT2D eigenvalue weighted by Crippen LogP contribution is -2.28. The van der Waals surface area contributed by atoms with Crippen molar-refractivity contribution < 1.29 is 24.2 Å². The molecule has 1 unspecified atom stereocenters. The van der Waals surface area contributed by atoms with Crippen molar-refractivity contribution in [1.29, 1.82) is 0 Å². The molecule has 0 fully saturated rings. The molecule has 1 rings (SSSR count). The van der Waals surface area contributed by atoms with Crippen molar-refractivity contribution in [2.45, 2.75) is 51.7 Å². The molecule has 0 saturated carbocycles. The summed E-state index contributed by atoms with van der Waals surface area (Å²) >= 11 is 0. The van der Waals surface area contributed by atoms with Gasteiger partial charge in [-0.1, -0.05) is 56.5 Å². The third kappa shape index (κ3) is 7.78. The van der Waals surface area contributed by atoms with Crippen molar-refractivity contribution in [3.05, 3.63) is 35.9 Å². The Hall–Kier alpha value is -1.88. The van der Waals surface area contributed by atoms with E-state index in [9.17, 15) is 9.59 Å². The van der Waals surface area contributed by atoms with E-state index in [0.29, 0.717) is 13.0 Å². The molecule has 5 heteroatoms. The predicted molar refractivity (Wildman–Crippen MR) is 82.4 cm³/mol. The smallest absolute Gasteiger partial charge is 0.345 e. The first-order valence-electron chi connectivity index (χ1n) is 7.67.